The van der Waals surface area contributed by atoms with Gasteiger partial charge in [-0.3, -0.25) is 4.79 Å². The second kappa shape index (κ2) is 4.79. The second-order valence-electron chi connectivity index (χ2n) is 3.77. The van der Waals surface area contributed by atoms with E-state index >= 15 is 0 Å². The highest BCUT2D eigenvalue weighted by atomic mass is 32.2. The molecular formula is C10H16O4S. The molecule has 0 aromatic carbocycles. The smallest absolute Gasteiger partial charge is 0.312 e. The molecule has 0 bridgehead atoms. The van der Waals surface area contributed by atoms with Gasteiger partial charge in [0.05, 0.1) is 24.5 Å². The van der Waals surface area contributed by atoms with Crippen LogP contribution in [0.4, 0.5) is 0 Å². The van der Waals surface area contributed by atoms with Crippen molar-refractivity contribution in [2.24, 2.45) is 11.8 Å². The molecule has 1 aliphatic heterocycles. The largest absolute Gasteiger partial charge is 0.469 e. The van der Waals surface area contributed by atoms with E-state index in [1.54, 1.807) is 6.08 Å². The number of sulfone groups is 1. The Morgan fingerprint density at radius 3 is 2.40 bits per heavy atom. The molecule has 5 heteroatoms. The Kier molecular flexibility index (Phi) is 3.90. The predicted octanol–water partition coefficient (Wildman–Crippen LogP) is 0.786. The molecule has 4 nitrogen and oxygen atoms in total. The zero-order valence-corrected chi connectivity index (χ0v) is 9.63. The summed E-state index contributed by atoms with van der Waals surface area (Å²) in [6, 6.07) is 0. The summed E-state index contributed by atoms with van der Waals surface area (Å²) < 4.78 is 27.1. The summed E-state index contributed by atoms with van der Waals surface area (Å²) in [5, 5.41) is 0. The topological polar surface area (TPSA) is 60.4 Å². The van der Waals surface area contributed by atoms with E-state index in [4.69, 9.17) is 0 Å². The third kappa shape index (κ3) is 3.06. The maximum atomic E-state index is 11.4. The van der Waals surface area contributed by atoms with E-state index in [2.05, 4.69) is 11.3 Å². The van der Waals surface area contributed by atoms with Gasteiger partial charge in [-0.2, -0.15) is 0 Å². The molecule has 1 aliphatic rings. The fourth-order valence-corrected chi connectivity index (χ4v) is 3.41. The zero-order valence-electron chi connectivity index (χ0n) is 8.81. The summed E-state index contributed by atoms with van der Waals surface area (Å²) in [5.41, 5.74) is 0. The first kappa shape index (κ1) is 12.2. The molecule has 0 radical (unpaired) electrons. The minimum Gasteiger partial charge on any atom is -0.469 e. The molecule has 0 amide bonds. The van der Waals surface area contributed by atoms with Gasteiger partial charge in [0.2, 0.25) is 0 Å². The first-order valence-corrected chi connectivity index (χ1v) is 6.73. The average Bonchev–Trinajstić information content (AvgIpc) is 2.21. The van der Waals surface area contributed by atoms with Gasteiger partial charge in [0.15, 0.2) is 0 Å². The van der Waals surface area contributed by atoms with Crippen LogP contribution in [-0.4, -0.2) is 33.0 Å². The molecule has 0 N–H and O–H groups in total. The van der Waals surface area contributed by atoms with Gasteiger partial charge in [0.25, 0.3) is 0 Å². The van der Waals surface area contributed by atoms with E-state index in [1.807, 2.05) is 0 Å². The van der Waals surface area contributed by atoms with Crippen LogP contribution >= 0.6 is 0 Å². The molecule has 1 fully saturated rings. The van der Waals surface area contributed by atoms with Gasteiger partial charge >= 0.3 is 5.97 Å². The monoisotopic (exact) mass is 232 g/mol. The van der Waals surface area contributed by atoms with Crippen LogP contribution in [0.2, 0.25) is 0 Å². The van der Waals surface area contributed by atoms with E-state index in [1.165, 1.54) is 7.11 Å². The molecule has 0 aromatic heterocycles. The predicted molar refractivity (Wildman–Crippen MR) is 57.1 cm³/mol. The summed E-state index contributed by atoms with van der Waals surface area (Å²) in [6.07, 6.45) is 2.59. The molecule has 0 saturated carbocycles. The maximum absolute atomic E-state index is 11.4. The van der Waals surface area contributed by atoms with Crippen LogP contribution in [0.25, 0.3) is 0 Å². The molecule has 1 unspecified atom stereocenters. The Morgan fingerprint density at radius 1 is 1.47 bits per heavy atom. The summed E-state index contributed by atoms with van der Waals surface area (Å²) in [7, 11) is -1.54. The maximum Gasteiger partial charge on any atom is 0.312 e. The highest BCUT2D eigenvalue weighted by Gasteiger charge is 2.32. The quantitative estimate of drug-likeness (QED) is 0.533. The van der Waals surface area contributed by atoms with Gasteiger partial charge < -0.3 is 4.74 Å². The van der Waals surface area contributed by atoms with E-state index < -0.39 is 9.84 Å². The van der Waals surface area contributed by atoms with Crippen LogP contribution in [-0.2, 0) is 19.4 Å². The lowest BCUT2D eigenvalue weighted by molar-refractivity contribution is -0.145. The van der Waals surface area contributed by atoms with Crippen molar-refractivity contribution in [1.82, 2.24) is 0 Å². The minimum atomic E-state index is -2.88. The summed E-state index contributed by atoms with van der Waals surface area (Å²) in [5.74, 6) is -0.309. The van der Waals surface area contributed by atoms with Crippen molar-refractivity contribution in [2.45, 2.75) is 12.8 Å². The number of hydrogen-bond donors (Lipinski definition) is 0. The molecule has 0 spiro atoms. The van der Waals surface area contributed by atoms with Crippen LogP contribution in [0, 0.1) is 11.8 Å². The molecular weight excluding hydrogens is 216 g/mol. The van der Waals surface area contributed by atoms with Gasteiger partial charge in [-0.05, 0) is 18.8 Å². The second-order valence-corrected chi connectivity index (χ2v) is 6.08. The average molecular weight is 232 g/mol. The molecule has 1 saturated heterocycles. The van der Waals surface area contributed by atoms with Crippen molar-refractivity contribution in [1.29, 1.82) is 0 Å². The SMILES string of the molecule is C=CC(C(=O)OC)C1CCS(=O)(=O)CC1. The highest BCUT2D eigenvalue weighted by Crippen LogP contribution is 2.27. The molecule has 1 rings (SSSR count). The molecule has 1 atom stereocenters. The highest BCUT2D eigenvalue weighted by molar-refractivity contribution is 7.91. The third-order valence-electron chi connectivity index (χ3n) is 2.83. The molecule has 1 heterocycles. The first-order valence-electron chi connectivity index (χ1n) is 4.91. The fourth-order valence-electron chi connectivity index (χ4n) is 1.88. The van der Waals surface area contributed by atoms with Gasteiger partial charge in [-0.25, -0.2) is 8.42 Å². The van der Waals surface area contributed by atoms with Crippen LogP contribution < -0.4 is 0 Å². The lowest BCUT2D eigenvalue weighted by Crippen LogP contribution is -2.31. The van der Waals surface area contributed by atoms with Crippen molar-refractivity contribution in [3.05, 3.63) is 12.7 Å². The fraction of sp³-hybridized carbons (Fsp3) is 0.700. The van der Waals surface area contributed by atoms with Crippen molar-refractivity contribution in [3.8, 4) is 0 Å². The van der Waals surface area contributed by atoms with Crippen molar-refractivity contribution >= 4 is 15.8 Å². The van der Waals surface area contributed by atoms with Crippen molar-refractivity contribution in [3.63, 3.8) is 0 Å². The lowest BCUT2D eigenvalue weighted by Gasteiger charge is -2.26. The third-order valence-corrected chi connectivity index (χ3v) is 4.55. The Morgan fingerprint density at radius 2 is 2.00 bits per heavy atom. The Bertz CT molecular complexity index is 330. The van der Waals surface area contributed by atoms with E-state index in [0.717, 1.165) is 0 Å². The molecule has 0 aliphatic carbocycles. The van der Waals surface area contributed by atoms with Gasteiger partial charge in [0.1, 0.15) is 9.84 Å². The first-order chi connectivity index (χ1) is 7.00. The molecule has 15 heavy (non-hydrogen) atoms. The van der Waals surface area contributed by atoms with Crippen LogP contribution in [0.3, 0.4) is 0 Å². The molecule has 86 valence electrons. The number of ether oxygens (including phenoxy) is 1. The van der Waals surface area contributed by atoms with Gasteiger partial charge in [0, 0.05) is 0 Å². The normalized spacial score (nSPS) is 23.0. The van der Waals surface area contributed by atoms with E-state index in [9.17, 15) is 13.2 Å². The van der Waals surface area contributed by atoms with E-state index in [-0.39, 0.29) is 29.3 Å². The number of carbonyl (C=O) groups is 1. The number of hydrogen-bond acceptors (Lipinski definition) is 4. The molecule has 0 aromatic rings. The Balaban J connectivity index is 2.65. The van der Waals surface area contributed by atoms with Crippen molar-refractivity contribution in [2.75, 3.05) is 18.6 Å². The number of rotatable bonds is 3. The Hall–Kier alpha value is -0.840. The van der Waals surface area contributed by atoms with Crippen LogP contribution in [0.1, 0.15) is 12.8 Å². The Labute approximate surface area is 90.2 Å². The zero-order chi connectivity index (χ0) is 11.5. The van der Waals surface area contributed by atoms with Crippen LogP contribution in [0.5, 0.6) is 0 Å². The summed E-state index contributed by atoms with van der Waals surface area (Å²) in [6.45, 7) is 3.59. The minimum absolute atomic E-state index is 0.0541. The summed E-state index contributed by atoms with van der Waals surface area (Å²) in [4.78, 5) is 11.4. The number of carbonyl (C=O) groups excluding carboxylic acids is 1. The van der Waals surface area contributed by atoms with Gasteiger partial charge in [-0.15, -0.1) is 6.58 Å². The van der Waals surface area contributed by atoms with Gasteiger partial charge in [-0.1, -0.05) is 6.08 Å². The number of methoxy groups -OCH3 is 1. The lowest BCUT2D eigenvalue weighted by atomic mass is 9.87. The summed E-state index contributed by atoms with van der Waals surface area (Å²) >= 11 is 0. The van der Waals surface area contributed by atoms with E-state index in [0.29, 0.717) is 12.8 Å². The number of esters is 1. The standard InChI is InChI=1S/C10H16O4S/c1-3-9(10(11)14-2)8-4-6-15(12,13)7-5-8/h3,8-9H,1,4-7H2,2H3. The van der Waals surface area contributed by atoms with Crippen LogP contribution in [0.15, 0.2) is 12.7 Å². The van der Waals surface area contributed by atoms with Crippen molar-refractivity contribution < 1.29 is 17.9 Å².